The van der Waals surface area contributed by atoms with E-state index in [0.29, 0.717) is 5.75 Å². The van der Waals surface area contributed by atoms with Crippen LogP contribution in [0.25, 0.3) is 0 Å². The predicted octanol–water partition coefficient (Wildman–Crippen LogP) is 3.79. The average molecular weight is 272 g/mol. The Morgan fingerprint density at radius 3 is 2.47 bits per heavy atom. The van der Waals surface area contributed by atoms with Crippen molar-refractivity contribution in [3.05, 3.63) is 70.8 Å². The molecule has 0 saturated heterocycles. The SMILES string of the molecule is Cc1ccc(C)c(CS(=O)CCc2ccccc2)c1. The fourth-order valence-electron chi connectivity index (χ4n) is 2.08. The highest BCUT2D eigenvalue weighted by Gasteiger charge is 2.05. The molecule has 0 N–H and O–H groups in total. The zero-order chi connectivity index (χ0) is 13.7. The van der Waals surface area contributed by atoms with Gasteiger partial charge in [0.05, 0.1) is 0 Å². The summed E-state index contributed by atoms with van der Waals surface area (Å²) in [6, 6.07) is 16.6. The van der Waals surface area contributed by atoms with Gasteiger partial charge in [-0.25, -0.2) is 0 Å². The molecule has 1 atom stereocenters. The maximum Gasteiger partial charge on any atom is 0.0488 e. The van der Waals surface area contributed by atoms with Gasteiger partial charge in [0, 0.05) is 22.3 Å². The lowest BCUT2D eigenvalue weighted by atomic mass is 10.1. The summed E-state index contributed by atoms with van der Waals surface area (Å²) in [5.74, 6) is 1.40. The third kappa shape index (κ3) is 4.32. The molecule has 19 heavy (non-hydrogen) atoms. The molecule has 0 fully saturated rings. The molecule has 0 aliphatic carbocycles. The standard InChI is InChI=1S/C17H20OS/c1-14-8-9-15(2)17(12-14)13-19(18)11-10-16-6-4-3-5-7-16/h3-9,12H,10-11,13H2,1-2H3. The summed E-state index contributed by atoms with van der Waals surface area (Å²) >= 11 is 0. The van der Waals surface area contributed by atoms with E-state index in [9.17, 15) is 4.21 Å². The van der Waals surface area contributed by atoms with Crippen LogP contribution in [0.3, 0.4) is 0 Å². The van der Waals surface area contributed by atoms with E-state index in [1.807, 2.05) is 18.2 Å². The molecule has 2 rings (SSSR count). The molecular formula is C17H20OS. The Hall–Kier alpha value is -1.41. The zero-order valence-electron chi connectivity index (χ0n) is 11.6. The van der Waals surface area contributed by atoms with E-state index in [0.717, 1.165) is 12.2 Å². The second-order valence-electron chi connectivity index (χ2n) is 4.95. The van der Waals surface area contributed by atoms with Gasteiger partial charge in [-0.1, -0.05) is 54.1 Å². The Bertz CT molecular complexity index is 561. The van der Waals surface area contributed by atoms with Crippen LogP contribution in [0.5, 0.6) is 0 Å². The van der Waals surface area contributed by atoms with E-state index in [4.69, 9.17) is 0 Å². The summed E-state index contributed by atoms with van der Waals surface area (Å²) in [6.45, 7) is 4.17. The molecule has 0 aliphatic heterocycles. The molecule has 1 unspecified atom stereocenters. The second kappa shape index (κ2) is 6.67. The van der Waals surface area contributed by atoms with Crippen molar-refractivity contribution in [2.45, 2.75) is 26.0 Å². The molecule has 0 aromatic heterocycles. The number of rotatable bonds is 5. The predicted molar refractivity (Wildman–Crippen MR) is 82.8 cm³/mol. The Balaban J connectivity index is 1.93. The van der Waals surface area contributed by atoms with Crippen LogP contribution in [-0.2, 0) is 23.0 Å². The first-order chi connectivity index (χ1) is 9.15. The molecular weight excluding hydrogens is 252 g/mol. The first-order valence-electron chi connectivity index (χ1n) is 6.60. The van der Waals surface area contributed by atoms with Gasteiger partial charge in [0.25, 0.3) is 0 Å². The zero-order valence-corrected chi connectivity index (χ0v) is 12.4. The molecule has 100 valence electrons. The van der Waals surface area contributed by atoms with E-state index in [2.05, 4.69) is 44.2 Å². The highest BCUT2D eigenvalue weighted by atomic mass is 32.2. The van der Waals surface area contributed by atoms with Gasteiger partial charge in [0.15, 0.2) is 0 Å². The van der Waals surface area contributed by atoms with Crippen molar-refractivity contribution in [1.82, 2.24) is 0 Å². The van der Waals surface area contributed by atoms with Crippen LogP contribution in [0.1, 0.15) is 22.3 Å². The second-order valence-corrected chi connectivity index (χ2v) is 6.53. The van der Waals surface area contributed by atoms with E-state index in [1.165, 1.54) is 22.3 Å². The summed E-state index contributed by atoms with van der Waals surface area (Å²) in [6.07, 6.45) is 0.887. The number of hydrogen-bond donors (Lipinski definition) is 0. The normalized spacial score (nSPS) is 12.3. The largest absolute Gasteiger partial charge is 0.259 e. The number of benzene rings is 2. The Kier molecular flexibility index (Phi) is 4.92. The van der Waals surface area contributed by atoms with E-state index in [-0.39, 0.29) is 0 Å². The Morgan fingerprint density at radius 1 is 1.00 bits per heavy atom. The molecule has 0 heterocycles. The average Bonchev–Trinajstić information content (AvgIpc) is 2.42. The van der Waals surface area contributed by atoms with Gasteiger partial charge in [0.2, 0.25) is 0 Å². The maximum absolute atomic E-state index is 12.2. The van der Waals surface area contributed by atoms with Crippen LogP contribution in [0.15, 0.2) is 48.5 Å². The van der Waals surface area contributed by atoms with Crippen molar-refractivity contribution in [2.75, 3.05) is 5.75 Å². The van der Waals surface area contributed by atoms with Gasteiger partial charge >= 0.3 is 0 Å². The summed E-state index contributed by atoms with van der Waals surface area (Å²) in [4.78, 5) is 0. The molecule has 0 aliphatic rings. The van der Waals surface area contributed by atoms with Gasteiger partial charge in [-0.2, -0.15) is 0 Å². The quantitative estimate of drug-likeness (QED) is 0.809. The van der Waals surface area contributed by atoms with Gasteiger partial charge in [-0.05, 0) is 37.0 Å². The number of aryl methyl sites for hydroxylation is 3. The highest BCUT2D eigenvalue weighted by molar-refractivity contribution is 7.84. The fraction of sp³-hybridized carbons (Fsp3) is 0.294. The van der Waals surface area contributed by atoms with Crippen LogP contribution < -0.4 is 0 Å². The molecule has 0 radical (unpaired) electrons. The topological polar surface area (TPSA) is 17.1 Å². The molecule has 0 saturated carbocycles. The highest BCUT2D eigenvalue weighted by Crippen LogP contribution is 2.13. The summed E-state index contributed by atoms with van der Waals surface area (Å²) in [5, 5.41) is 0. The van der Waals surface area contributed by atoms with Crippen molar-refractivity contribution in [3.8, 4) is 0 Å². The van der Waals surface area contributed by atoms with Gasteiger partial charge in [-0.15, -0.1) is 0 Å². The first-order valence-corrected chi connectivity index (χ1v) is 8.09. The monoisotopic (exact) mass is 272 g/mol. The van der Waals surface area contributed by atoms with E-state index >= 15 is 0 Å². The van der Waals surface area contributed by atoms with Crippen molar-refractivity contribution >= 4 is 10.8 Å². The lowest BCUT2D eigenvalue weighted by Crippen LogP contribution is -2.05. The number of hydrogen-bond acceptors (Lipinski definition) is 1. The Morgan fingerprint density at radius 2 is 1.74 bits per heavy atom. The fourth-order valence-corrected chi connectivity index (χ4v) is 3.34. The summed E-state index contributed by atoms with van der Waals surface area (Å²) in [5.41, 5.74) is 4.95. The van der Waals surface area contributed by atoms with Gasteiger partial charge in [-0.3, -0.25) is 4.21 Å². The third-order valence-electron chi connectivity index (χ3n) is 3.28. The lowest BCUT2D eigenvalue weighted by molar-refractivity contribution is 0.681. The van der Waals surface area contributed by atoms with Gasteiger partial charge in [0.1, 0.15) is 0 Å². The molecule has 2 aromatic carbocycles. The lowest BCUT2D eigenvalue weighted by Gasteiger charge is -2.07. The smallest absolute Gasteiger partial charge is 0.0488 e. The van der Waals surface area contributed by atoms with E-state index < -0.39 is 10.8 Å². The minimum Gasteiger partial charge on any atom is -0.259 e. The van der Waals surface area contributed by atoms with Crippen LogP contribution in [0.4, 0.5) is 0 Å². The van der Waals surface area contributed by atoms with Crippen LogP contribution in [-0.4, -0.2) is 9.96 Å². The Labute approximate surface area is 118 Å². The van der Waals surface area contributed by atoms with Crippen molar-refractivity contribution in [2.24, 2.45) is 0 Å². The molecule has 0 amide bonds. The van der Waals surface area contributed by atoms with Crippen LogP contribution >= 0.6 is 0 Å². The first kappa shape index (κ1) is 14.0. The molecule has 0 bridgehead atoms. The summed E-state index contributed by atoms with van der Waals surface area (Å²) in [7, 11) is -0.790. The maximum atomic E-state index is 12.2. The van der Waals surface area contributed by atoms with Crippen LogP contribution in [0, 0.1) is 13.8 Å². The van der Waals surface area contributed by atoms with Crippen molar-refractivity contribution < 1.29 is 4.21 Å². The molecule has 2 heteroatoms. The molecule has 0 spiro atoms. The molecule has 2 aromatic rings. The van der Waals surface area contributed by atoms with Crippen molar-refractivity contribution in [3.63, 3.8) is 0 Å². The van der Waals surface area contributed by atoms with E-state index in [1.54, 1.807) is 0 Å². The van der Waals surface area contributed by atoms with Gasteiger partial charge < -0.3 is 0 Å². The van der Waals surface area contributed by atoms with Crippen LogP contribution in [0.2, 0.25) is 0 Å². The summed E-state index contributed by atoms with van der Waals surface area (Å²) < 4.78 is 12.2. The minimum atomic E-state index is -0.790. The third-order valence-corrected chi connectivity index (χ3v) is 4.57. The molecule has 1 nitrogen and oxygen atoms in total. The van der Waals surface area contributed by atoms with Crippen molar-refractivity contribution in [1.29, 1.82) is 0 Å². The minimum absolute atomic E-state index is 0.667.